The normalized spacial score (nSPS) is 20.9. The fraction of sp³-hybridized carbons (Fsp3) is 0.452. The van der Waals surface area contributed by atoms with Gasteiger partial charge in [-0.2, -0.15) is 13.2 Å². The standard InChI is InChI=1S/C29H36N4O7S.C2HF3O2/c1-41-27-31-26-29(38,32-27)16-23(34)24(35)17-33(26)15-9-8-14-22(25(36)39-18-20-10-4-2-5-11-20)30-28(37)40-19-21-12-6-3-7-13-21;3-2(4,5)1(6)7/h2-7,10-13,22-24,34-35,38H,8-9,14-19H2,1H3,(H,30,37);(H,6,7)/t22-,23-,24+,29?;/m0./s1. The van der Waals surface area contributed by atoms with Crippen LogP contribution in [0, 0.1) is 0 Å². The van der Waals surface area contributed by atoms with Crippen LogP contribution in [0.4, 0.5) is 18.0 Å². The van der Waals surface area contributed by atoms with Crippen LogP contribution in [0.5, 0.6) is 0 Å². The first kappa shape index (κ1) is 38.3. The van der Waals surface area contributed by atoms with Crippen LogP contribution in [0.25, 0.3) is 0 Å². The van der Waals surface area contributed by atoms with Crippen molar-refractivity contribution in [3.63, 3.8) is 0 Å². The molecule has 0 saturated carbocycles. The molecule has 0 spiro atoms. The quantitative estimate of drug-likeness (QED) is 0.171. The summed E-state index contributed by atoms with van der Waals surface area (Å²) < 4.78 is 42.5. The first-order valence-corrected chi connectivity index (χ1v) is 16.0. The Hall–Kier alpha value is -4.19. The van der Waals surface area contributed by atoms with Crippen LogP contribution in [0.2, 0.25) is 0 Å². The number of unbranched alkanes of at least 4 members (excludes halogenated alkanes) is 1. The van der Waals surface area contributed by atoms with E-state index in [2.05, 4.69) is 15.3 Å². The number of aliphatic hydroxyl groups is 3. The number of nitrogens with zero attached hydrogens (tertiary/aromatic N) is 3. The largest absolute Gasteiger partial charge is 0.490 e. The summed E-state index contributed by atoms with van der Waals surface area (Å²) >= 11 is 1.28. The average molecular weight is 699 g/mol. The van der Waals surface area contributed by atoms with Crippen LogP contribution in [0.15, 0.2) is 70.6 Å². The molecule has 4 rings (SSSR count). The Labute approximate surface area is 278 Å². The Bertz CT molecular complexity index is 1430. The minimum absolute atomic E-state index is 0.0622. The van der Waals surface area contributed by atoms with Crippen LogP contribution >= 0.6 is 11.8 Å². The number of amidine groups is 2. The van der Waals surface area contributed by atoms with E-state index in [0.29, 0.717) is 30.4 Å². The maximum atomic E-state index is 13.0. The lowest BCUT2D eigenvalue weighted by atomic mass is 10.0. The summed E-state index contributed by atoms with van der Waals surface area (Å²) in [6.45, 7) is 0.590. The predicted octanol–water partition coefficient (Wildman–Crippen LogP) is 3.08. The van der Waals surface area contributed by atoms with Crippen molar-refractivity contribution < 1.29 is 57.5 Å². The number of aliphatic carboxylic acids is 1. The van der Waals surface area contributed by atoms with Gasteiger partial charge in [-0.1, -0.05) is 72.4 Å². The molecule has 13 nitrogen and oxygen atoms in total. The summed E-state index contributed by atoms with van der Waals surface area (Å²) in [7, 11) is 0. The summed E-state index contributed by atoms with van der Waals surface area (Å²) in [5.41, 5.74) is -0.0628. The van der Waals surface area contributed by atoms with E-state index >= 15 is 0 Å². The van der Waals surface area contributed by atoms with E-state index in [-0.39, 0.29) is 32.6 Å². The maximum absolute atomic E-state index is 13.0. The van der Waals surface area contributed by atoms with Gasteiger partial charge in [0, 0.05) is 19.5 Å². The molecule has 1 amide bonds. The van der Waals surface area contributed by atoms with Gasteiger partial charge in [-0.05, 0) is 36.6 Å². The molecule has 2 aromatic rings. The minimum atomic E-state index is -5.08. The molecule has 5 N–H and O–H groups in total. The van der Waals surface area contributed by atoms with Gasteiger partial charge in [0.2, 0.25) is 5.72 Å². The van der Waals surface area contributed by atoms with Crippen molar-refractivity contribution in [1.29, 1.82) is 0 Å². The molecule has 262 valence electrons. The van der Waals surface area contributed by atoms with Crippen molar-refractivity contribution in [3.05, 3.63) is 71.8 Å². The highest BCUT2D eigenvalue weighted by Crippen LogP contribution is 2.31. The van der Waals surface area contributed by atoms with Gasteiger partial charge in [0.1, 0.15) is 19.3 Å². The lowest BCUT2D eigenvalue weighted by Crippen LogP contribution is -2.46. The van der Waals surface area contributed by atoms with Gasteiger partial charge < -0.3 is 40.1 Å². The van der Waals surface area contributed by atoms with Gasteiger partial charge in [-0.15, -0.1) is 0 Å². The van der Waals surface area contributed by atoms with E-state index in [4.69, 9.17) is 19.4 Å². The number of fused-ring (bicyclic) bond motifs is 1. The molecule has 0 bridgehead atoms. The number of carboxylic acids is 1. The Morgan fingerprint density at radius 2 is 1.56 bits per heavy atom. The van der Waals surface area contributed by atoms with Crippen molar-refractivity contribution in [2.75, 3.05) is 19.3 Å². The Morgan fingerprint density at radius 1 is 1.00 bits per heavy atom. The zero-order chi connectivity index (χ0) is 35.3. The molecule has 4 atom stereocenters. The second kappa shape index (κ2) is 17.8. The maximum Gasteiger partial charge on any atom is 0.490 e. The number of hydrogen-bond acceptors (Lipinski definition) is 12. The molecular weight excluding hydrogens is 661 g/mol. The van der Waals surface area contributed by atoms with E-state index in [1.807, 2.05) is 60.7 Å². The number of ether oxygens (including phenoxy) is 2. The molecule has 0 aliphatic carbocycles. The van der Waals surface area contributed by atoms with Gasteiger partial charge in [0.05, 0.1) is 12.2 Å². The Morgan fingerprint density at radius 3 is 2.10 bits per heavy atom. The number of hydrogen-bond donors (Lipinski definition) is 5. The third-order valence-corrected chi connectivity index (χ3v) is 7.64. The van der Waals surface area contributed by atoms with Crippen molar-refractivity contribution in [2.45, 2.75) is 69.0 Å². The van der Waals surface area contributed by atoms with Crippen molar-refractivity contribution in [2.24, 2.45) is 9.98 Å². The van der Waals surface area contributed by atoms with Crippen molar-refractivity contribution in [1.82, 2.24) is 10.2 Å². The Kier molecular flexibility index (Phi) is 14.2. The number of halogens is 3. The number of aliphatic imine (C=N–C) groups is 2. The molecule has 1 unspecified atom stereocenters. The van der Waals surface area contributed by atoms with Crippen LogP contribution in [-0.2, 0) is 32.3 Å². The zero-order valence-corrected chi connectivity index (χ0v) is 26.7. The molecular formula is C31H37F3N4O9S. The van der Waals surface area contributed by atoms with Crippen molar-refractivity contribution in [3.8, 4) is 0 Å². The van der Waals surface area contributed by atoms with Gasteiger partial charge in [0.25, 0.3) is 0 Å². The number of nitrogens with one attached hydrogen (secondary N) is 1. The SMILES string of the molecule is CSC1=NC2(O)C[C@H](O)[C@H](O)CN(CCCC[C@H](NC(=O)OCc3ccccc3)C(=O)OCc3ccccc3)C2=N1.O=C(O)C(F)(F)F. The van der Waals surface area contributed by atoms with Gasteiger partial charge in [-0.25, -0.2) is 24.4 Å². The molecule has 1 fully saturated rings. The fourth-order valence-electron chi connectivity index (χ4n) is 4.66. The van der Waals surface area contributed by atoms with E-state index in [0.717, 1.165) is 11.1 Å². The monoisotopic (exact) mass is 698 g/mol. The first-order valence-electron chi connectivity index (χ1n) is 14.8. The van der Waals surface area contributed by atoms with E-state index < -0.39 is 48.2 Å². The zero-order valence-electron chi connectivity index (χ0n) is 25.9. The van der Waals surface area contributed by atoms with Crippen LogP contribution in [0.1, 0.15) is 36.8 Å². The third-order valence-electron chi connectivity index (χ3n) is 7.09. The van der Waals surface area contributed by atoms with Gasteiger partial charge in [0.15, 0.2) is 11.0 Å². The summed E-state index contributed by atoms with van der Waals surface area (Å²) in [5, 5.41) is 41.9. The summed E-state index contributed by atoms with van der Waals surface area (Å²) in [6.07, 6.45) is -5.10. The lowest BCUT2D eigenvalue weighted by Gasteiger charge is -2.29. The van der Waals surface area contributed by atoms with Crippen molar-refractivity contribution >= 4 is 40.8 Å². The number of amides is 1. The highest BCUT2D eigenvalue weighted by atomic mass is 32.2. The van der Waals surface area contributed by atoms with E-state index in [9.17, 15) is 38.1 Å². The second-order valence-corrected chi connectivity index (χ2v) is 11.6. The molecule has 0 radical (unpaired) electrons. The van der Waals surface area contributed by atoms with E-state index in [1.165, 1.54) is 11.8 Å². The van der Waals surface area contributed by atoms with E-state index in [1.54, 1.807) is 11.2 Å². The number of carbonyl (C=O) groups is 3. The van der Waals surface area contributed by atoms with Crippen LogP contribution in [-0.4, -0.2) is 104 Å². The number of rotatable bonds is 11. The number of aliphatic hydroxyl groups excluding tert-OH is 2. The van der Waals surface area contributed by atoms with Crippen LogP contribution in [0.3, 0.4) is 0 Å². The molecule has 2 aliphatic rings. The molecule has 2 aliphatic heterocycles. The first-order chi connectivity index (χ1) is 22.7. The third kappa shape index (κ3) is 11.8. The fourth-order valence-corrected chi connectivity index (χ4v) is 5.08. The summed E-state index contributed by atoms with van der Waals surface area (Å²) in [6, 6.07) is 17.5. The second-order valence-electron chi connectivity index (χ2n) is 10.8. The number of likely N-dealkylation sites (tertiary alicyclic amines) is 1. The molecule has 48 heavy (non-hydrogen) atoms. The number of β-amino-alcohol motifs (C(OH)–C–C–N with tert-alkyl or cyclic N) is 1. The number of benzene rings is 2. The molecule has 2 aromatic carbocycles. The number of carboxylic acid groups (broad SMARTS) is 1. The minimum Gasteiger partial charge on any atom is -0.475 e. The molecule has 17 heteroatoms. The van der Waals surface area contributed by atoms with Gasteiger partial charge in [-0.3, -0.25) is 0 Å². The molecule has 2 heterocycles. The number of carbonyl (C=O) groups excluding carboxylic acids is 2. The summed E-state index contributed by atoms with van der Waals surface area (Å²) in [5.74, 6) is -3.04. The summed E-state index contributed by atoms with van der Waals surface area (Å²) in [4.78, 5) is 44.8. The predicted molar refractivity (Wildman–Crippen MR) is 169 cm³/mol. The highest BCUT2D eigenvalue weighted by molar-refractivity contribution is 8.13. The lowest BCUT2D eigenvalue weighted by molar-refractivity contribution is -0.192. The smallest absolute Gasteiger partial charge is 0.475 e. The molecule has 1 saturated heterocycles. The highest BCUT2D eigenvalue weighted by Gasteiger charge is 2.47. The Balaban J connectivity index is 0.000000804. The average Bonchev–Trinajstić information content (AvgIpc) is 3.35. The molecule has 0 aromatic heterocycles. The van der Waals surface area contributed by atoms with Gasteiger partial charge >= 0.3 is 24.2 Å². The number of esters is 1. The topological polar surface area (TPSA) is 191 Å². The number of alkyl carbamates (subject to hydrolysis) is 1. The number of alkyl halides is 3. The van der Waals surface area contributed by atoms with Crippen LogP contribution < -0.4 is 5.32 Å². The number of thioether (sulfide) groups is 1.